The third-order valence-electron chi connectivity index (χ3n) is 4.37. The summed E-state index contributed by atoms with van der Waals surface area (Å²) in [6.45, 7) is 6.79. The molecule has 0 aliphatic carbocycles. The molecular weight excluding hydrogens is 386 g/mol. The van der Waals surface area contributed by atoms with Crippen LogP contribution in [0.5, 0.6) is 0 Å². The topological polar surface area (TPSA) is 73.2 Å². The number of hydrogen-bond acceptors (Lipinski definition) is 5. The molecule has 0 spiro atoms. The fourth-order valence-corrected chi connectivity index (χ4v) is 4.12. The van der Waals surface area contributed by atoms with Crippen LogP contribution in [0.4, 0.5) is 0 Å². The van der Waals surface area contributed by atoms with Gasteiger partial charge in [-0.1, -0.05) is 23.4 Å². The van der Waals surface area contributed by atoms with Crippen molar-refractivity contribution in [2.75, 3.05) is 6.61 Å². The van der Waals surface area contributed by atoms with E-state index in [1.54, 1.807) is 22.8 Å². The number of rotatable bonds is 6. The SMILES string of the molecule is CC(C)NC(=O)[C@@H](C)Sc1nc2cc(Cl)ccc2c(=O)n1C[C@H]1CCCO1. The highest BCUT2D eigenvalue weighted by Crippen LogP contribution is 2.25. The van der Waals surface area contributed by atoms with Gasteiger partial charge in [0.05, 0.1) is 28.8 Å². The third-order valence-corrected chi connectivity index (χ3v) is 5.70. The molecule has 1 aliphatic rings. The average molecular weight is 410 g/mol. The van der Waals surface area contributed by atoms with Gasteiger partial charge in [-0.2, -0.15) is 0 Å². The maximum atomic E-state index is 13.1. The van der Waals surface area contributed by atoms with Gasteiger partial charge in [-0.25, -0.2) is 4.98 Å². The van der Waals surface area contributed by atoms with Gasteiger partial charge in [-0.05, 0) is 51.8 Å². The summed E-state index contributed by atoms with van der Waals surface area (Å²) in [4.78, 5) is 30.1. The van der Waals surface area contributed by atoms with Crippen LogP contribution in [0, 0.1) is 0 Å². The molecule has 1 aromatic heterocycles. The number of nitrogens with zero attached hydrogens (tertiary/aromatic N) is 2. The van der Waals surface area contributed by atoms with Crippen molar-refractivity contribution in [1.82, 2.24) is 14.9 Å². The van der Waals surface area contributed by atoms with Crippen molar-refractivity contribution >= 4 is 40.2 Å². The van der Waals surface area contributed by atoms with E-state index in [-0.39, 0.29) is 28.9 Å². The normalized spacial score (nSPS) is 18.2. The van der Waals surface area contributed by atoms with E-state index in [2.05, 4.69) is 10.3 Å². The van der Waals surface area contributed by atoms with Gasteiger partial charge in [0, 0.05) is 17.7 Å². The molecule has 2 heterocycles. The van der Waals surface area contributed by atoms with Gasteiger partial charge in [-0.15, -0.1) is 0 Å². The second-order valence-corrected chi connectivity index (χ2v) is 8.77. The van der Waals surface area contributed by atoms with E-state index in [1.807, 2.05) is 20.8 Å². The van der Waals surface area contributed by atoms with Crippen LogP contribution >= 0.6 is 23.4 Å². The number of nitrogens with one attached hydrogen (secondary N) is 1. The molecule has 3 rings (SSSR count). The zero-order valence-corrected chi connectivity index (χ0v) is 17.3. The summed E-state index contributed by atoms with van der Waals surface area (Å²) < 4.78 is 7.34. The Morgan fingerprint density at radius 2 is 2.22 bits per heavy atom. The van der Waals surface area contributed by atoms with E-state index in [0.29, 0.717) is 34.2 Å². The maximum absolute atomic E-state index is 13.1. The quantitative estimate of drug-likeness (QED) is 0.585. The van der Waals surface area contributed by atoms with E-state index >= 15 is 0 Å². The van der Waals surface area contributed by atoms with Crippen molar-refractivity contribution in [2.24, 2.45) is 0 Å². The van der Waals surface area contributed by atoms with Gasteiger partial charge in [0.1, 0.15) is 0 Å². The molecule has 1 aromatic carbocycles. The van der Waals surface area contributed by atoms with E-state index in [1.165, 1.54) is 11.8 Å². The molecule has 0 bridgehead atoms. The van der Waals surface area contributed by atoms with Crippen molar-refractivity contribution in [3.8, 4) is 0 Å². The lowest BCUT2D eigenvalue weighted by molar-refractivity contribution is -0.120. The van der Waals surface area contributed by atoms with E-state index in [4.69, 9.17) is 16.3 Å². The molecule has 1 fully saturated rings. The zero-order chi connectivity index (χ0) is 19.6. The summed E-state index contributed by atoms with van der Waals surface area (Å²) in [5.74, 6) is -0.0842. The molecule has 0 radical (unpaired) electrons. The number of amides is 1. The van der Waals surface area contributed by atoms with Gasteiger partial charge in [0.2, 0.25) is 5.91 Å². The Morgan fingerprint density at radius 3 is 2.89 bits per heavy atom. The lowest BCUT2D eigenvalue weighted by Crippen LogP contribution is -2.36. The molecule has 0 saturated carbocycles. The van der Waals surface area contributed by atoms with Crippen LogP contribution in [-0.4, -0.2) is 39.5 Å². The first-order valence-corrected chi connectivity index (χ1v) is 10.4. The number of ether oxygens (including phenoxy) is 1. The van der Waals surface area contributed by atoms with Crippen LogP contribution in [-0.2, 0) is 16.1 Å². The number of aromatic nitrogens is 2. The lowest BCUT2D eigenvalue weighted by atomic mass is 10.2. The molecule has 1 aliphatic heterocycles. The minimum Gasteiger partial charge on any atom is -0.376 e. The van der Waals surface area contributed by atoms with Crippen molar-refractivity contribution in [1.29, 1.82) is 0 Å². The Morgan fingerprint density at radius 1 is 1.44 bits per heavy atom. The van der Waals surface area contributed by atoms with Gasteiger partial charge in [0.15, 0.2) is 5.16 Å². The first-order chi connectivity index (χ1) is 12.8. The smallest absolute Gasteiger partial charge is 0.262 e. The van der Waals surface area contributed by atoms with Crippen LogP contribution in [0.25, 0.3) is 10.9 Å². The number of halogens is 1. The van der Waals surface area contributed by atoms with E-state index in [9.17, 15) is 9.59 Å². The number of carbonyl (C=O) groups is 1. The summed E-state index contributed by atoms with van der Waals surface area (Å²) in [6.07, 6.45) is 1.90. The van der Waals surface area contributed by atoms with Gasteiger partial charge in [0.25, 0.3) is 5.56 Å². The second kappa shape index (κ2) is 8.63. The third kappa shape index (κ3) is 4.83. The molecule has 8 heteroatoms. The highest BCUT2D eigenvalue weighted by Gasteiger charge is 2.23. The van der Waals surface area contributed by atoms with Crippen LogP contribution in [0.15, 0.2) is 28.2 Å². The number of benzene rings is 1. The molecule has 0 unspecified atom stereocenters. The highest BCUT2D eigenvalue weighted by atomic mass is 35.5. The first kappa shape index (κ1) is 20.2. The largest absolute Gasteiger partial charge is 0.376 e. The summed E-state index contributed by atoms with van der Waals surface area (Å²) >= 11 is 7.35. The van der Waals surface area contributed by atoms with E-state index in [0.717, 1.165) is 12.8 Å². The predicted molar refractivity (Wildman–Crippen MR) is 109 cm³/mol. The number of carbonyl (C=O) groups excluding carboxylic acids is 1. The fraction of sp³-hybridized carbons (Fsp3) is 0.526. The Hall–Kier alpha value is -1.57. The van der Waals surface area contributed by atoms with Crippen LogP contribution in [0.2, 0.25) is 5.02 Å². The maximum Gasteiger partial charge on any atom is 0.262 e. The Bertz CT molecular complexity index is 894. The van der Waals surface area contributed by atoms with Gasteiger partial charge >= 0.3 is 0 Å². The summed E-state index contributed by atoms with van der Waals surface area (Å²) in [5, 5.41) is 4.06. The average Bonchev–Trinajstić information content (AvgIpc) is 3.10. The molecule has 6 nitrogen and oxygen atoms in total. The number of thioether (sulfide) groups is 1. The standard InChI is InChI=1S/C19H24ClN3O3S/c1-11(2)21-17(24)12(3)27-19-22-16-9-13(20)6-7-15(16)18(25)23(19)10-14-5-4-8-26-14/h6-7,9,11-12,14H,4-5,8,10H2,1-3H3,(H,21,24)/t12-,14-/m1/s1. The molecule has 27 heavy (non-hydrogen) atoms. The molecule has 146 valence electrons. The van der Waals surface area contributed by atoms with Gasteiger partial charge in [-0.3, -0.25) is 14.2 Å². The molecular formula is C19H24ClN3O3S. The van der Waals surface area contributed by atoms with Crippen molar-refractivity contribution in [3.63, 3.8) is 0 Å². The molecule has 2 atom stereocenters. The van der Waals surface area contributed by atoms with Crippen molar-refractivity contribution < 1.29 is 9.53 Å². The predicted octanol–water partition coefficient (Wildman–Crippen LogP) is 3.23. The zero-order valence-electron chi connectivity index (χ0n) is 15.7. The molecule has 1 saturated heterocycles. The van der Waals surface area contributed by atoms with E-state index < -0.39 is 0 Å². The van der Waals surface area contributed by atoms with Crippen molar-refractivity contribution in [2.45, 2.75) is 62.7 Å². The van der Waals surface area contributed by atoms with Gasteiger partial charge < -0.3 is 10.1 Å². The molecule has 1 N–H and O–H groups in total. The van der Waals surface area contributed by atoms with Crippen LogP contribution < -0.4 is 10.9 Å². The number of fused-ring (bicyclic) bond motifs is 1. The summed E-state index contributed by atoms with van der Waals surface area (Å²) in [6, 6.07) is 5.12. The second-order valence-electron chi connectivity index (χ2n) is 7.03. The molecule has 2 aromatic rings. The Kier molecular flexibility index (Phi) is 6.44. The lowest BCUT2D eigenvalue weighted by Gasteiger charge is -2.19. The van der Waals surface area contributed by atoms with Crippen LogP contribution in [0.1, 0.15) is 33.6 Å². The summed E-state index contributed by atoms with van der Waals surface area (Å²) in [5.41, 5.74) is 0.404. The monoisotopic (exact) mass is 409 g/mol. The number of hydrogen-bond donors (Lipinski definition) is 1. The minimum atomic E-state index is -0.383. The minimum absolute atomic E-state index is 0.00611. The first-order valence-electron chi connectivity index (χ1n) is 9.14. The molecule has 1 amide bonds. The Labute approximate surface area is 167 Å². The Balaban J connectivity index is 1.99. The fourth-order valence-electron chi connectivity index (χ4n) is 3.03. The highest BCUT2D eigenvalue weighted by molar-refractivity contribution is 8.00. The summed E-state index contributed by atoms with van der Waals surface area (Å²) in [7, 11) is 0. The van der Waals surface area contributed by atoms with Crippen molar-refractivity contribution in [3.05, 3.63) is 33.6 Å². The van der Waals surface area contributed by atoms with Crippen LogP contribution in [0.3, 0.4) is 0 Å².